The Morgan fingerprint density at radius 2 is 1.61 bits per heavy atom. The van der Waals surface area contributed by atoms with E-state index in [0.717, 1.165) is 17.7 Å². The van der Waals surface area contributed by atoms with Gasteiger partial charge in [-0.05, 0) is 41.1 Å². The molecule has 0 aliphatic heterocycles. The molecule has 0 fully saturated rings. The number of carbonyl (C=O) groups excluding carboxylic acids is 2. The van der Waals surface area contributed by atoms with E-state index in [2.05, 4.69) is 0 Å². The summed E-state index contributed by atoms with van der Waals surface area (Å²) in [6.07, 6.45) is 0. The summed E-state index contributed by atoms with van der Waals surface area (Å²) in [6, 6.07) is 15.9. The topological polar surface area (TPSA) is 80.8 Å². The first-order valence-corrected chi connectivity index (χ1v) is 10.0. The maximum absolute atomic E-state index is 13.2. The molecular formula is C20H16ClNO5S. The predicted molar refractivity (Wildman–Crippen MR) is 107 cm³/mol. The first kappa shape index (κ1) is 19.9. The van der Waals surface area contributed by atoms with Gasteiger partial charge in [0, 0.05) is 13.8 Å². The minimum absolute atomic E-state index is 0.00709. The molecule has 0 heterocycles. The van der Waals surface area contributed by atoms with Crippen molar-refractivity contribution >= 4 is 50.0 Å². The SMILES string of the molecule is CC(=O)Oc1ccc(N(C(C)=O)S(=O)(=O)c2ccc3ccccc3c2)cc1Cl. The zero-order valence-electron chi connectivity index (χ0n) is 15.0. The summed E-state index contributed by atoms with van der Waals surface area (Å²) in [7, 11) is -4.18. The molecular weight excluding hydrogens is 402 g/mol. The van der Waals surface area contributed by atoms with Crippen LogP contribution in [0.4, 0.5) is 5.69 Å². The molecule has 0 bridgehead atoms. The van der Waals surface area contributed by atoms with Crippen LogP contribution in [0.25, 0.3) is 10.8 Å². The van der Waals surface area contributed by atoms with Gasteiger partial charge in [0.15, 0.2) is 0 Å². The van der Waals surface area contributed by atoms with E-state index in [0.29, 0.717) is 4.31 Å². The maximum Gasteiger partial charge on any atom is 0.308 e. The Kier molecular flexibility index (Phi) is 5.40. The van der Waals surface area contributed by atoms with Gasteiger partial charge in [0.1, 0.15) is 5.75 Å². The maximum atomic E-state index is 13.2. The third kappa shape index (κ3) is 3.85. The Balaban J connectivity index is 2.09. The number of carbonyl (C=O) groups is 2. The van der Waals surface area contributed by atoms with Crippen LogP contribution < -0.4 is 9.04 Å². The quantitative estimate of drug-likeness (QED) is 0.470. The Bertz CT molecular complexity index is 1190. The van der Waals surface area contributed by atoms with Gasteiger partial charge in [0.2, 0.25) is 5.91 Å². The van der Waals surface area contributed by atoms with Crippen molar-refractivity contribution in [2.24, 2.45) is 0 Å². The van der Waals surface area contributed by atoms with E-state index in [1.165, 1.54) is 37.3 Å². The van der Waals surface area contributed by atoms with Crippen LogP contribution in [0.15, 0.2) is 65.6 Å². The van der Waals surface area contributed by atoms with Crippen molar-refractivity contribution in [2.45, 2.75) is 18.7 Å². The molecule has 1 amide bonds. The summed E-state index contributed by atoms with van der Waals surface area (Å²) in [5.41, 5.74) is 0.0431. The second-order valence-corrected chi connectivity index (χ2v) is 8.20. The molecule has 3 aromatic rings. The normalized spacial score (nSPS) is 11.2. The largest absolute Gasteiger partial charge is 0.425 e. The molecule has 144 valence electrons. The van der Waals surface area contributed by atoms with E-state index in [1.54, 1.807) is 18.2 Å². The van der Waals surface area contributed by atoms with Crippen molar-refractivity contribution in [1.29, 1.82) is 0 Å². The van der Waals surface area contributed by atoms with Crippen LogP contribution in [-0.2, 0) is 19.6 Å². The molecule has 0 N–H and O–H groups in total. The lowest BCUT2D eigenvalue weighted by atomic mass is 10.1. The molecule has 0 aliphatic rings. The Labute approximate surface area is 167 Å². The number of amides is 1. The van der Waals surface area contributed by atoms with Crippen LogP contribution in [0.1, 0.15) is 13.8 Å². The minimum atomic E-state index is -4.18. The van der Waals surface area contributed by atoms with Crippen molar-refractivity contribution in [3.05, 3.63) is 65.7 Å². The average molecular weight is 418 g/mol. The number of ether oxygens (including phenoxy) is 1. The van der Waals surface area contributed by atoms with Crippen LogP contribution in [0.5, 0.6) is 5.75 Å². The summed E-state index contributed by atoms with van der Waals surface area (Å²) in [5, 5.41) is 1.62. The van der Waals surface area contributed by atoms with E-state index in [1.807, 2.05) is 12.1 Å². The van der Waals surface area contributed by atoms with Crippen LogP contribution >= 0.6 is 11.6 Å². The molecule has 0 saturated carbocycles. The number of esters is 1. The van der Waals surface area contributed by atoms with Crippen LogP contribution in [0.3, 0.4) is 0 Å². The van der Waals surface area contributed by atoms with Gasteiger partial charge in [-0.3, -0.25) is 9.59 Å². The van der Waals surface area contributed by atoms with Crippen molar-refractivity contribution in [3.8, 4) is 5.75 Å². The van der Waals surface area contributed by atoms with Crippen LogP contribution in [0, 0.1) is 0 Å². The third-order valence-electron chi connectivity index (χ3n) is 3.95. The van der Waals surface area contributed by atoms with Gasteiger partial charge < -0.3 is 4.74 Å². The minimum Gasteiger partial charge on any atom is -0.425 e. The molecule has 0 saturated heterocycles. The second kappa shape index (κ2) is 7.61. The van der Waals surface area contributed by atoms with Crippen molar-refractivity contribution in [3.63, 3.8) is 0 Å². The van der Waals surface area contributed by atoms with Gasteiger partial charge in [-0.2, -0.15) is 0 Å². The number of anilines is 1. The van der Waals surface area contributed by atoms with Gasteiger partial charge in [-0.25, -0.2) is 12.7 Å². The number of nitrogens with zero attached hydrogens (tertiary/aromatic N) is 1. The molecule has 6 nitrogen and oxygen atoms in total. The first-order chi connectivity index (χ1) is 13.2. The standard InChI is InChI=1S/C20H16ClNO5S/c1-13(23)22(17-8-10-20(19(21)12-17)27-14(2)24)28(25,26)18-9-7-15-5-3-4-6-16(15)11-18/h3-12H,1-2H3. The molecule has 3 rings (SSSR count). The van der Waals surface area contributed by atoms with Gasteiger partial charge in [-0.15, -0.1) is 0 Å². The summed E-state index contributed by atoms with van der Waals surface area (Å²) in [4.78, 5) is 23.3. The molecule has 0 spiro atoms. The number of halogens is 1. The zero-order chi connectivity index (χ0) is 20.5. The molecule has 3 aromatic carbocycles. The lowest BCUT2D eigenvalue weighted by molar-refractivity contribution is -0.131. The monoisotopic (exact) mass is 417 g/mol. The summed E-state index contributed by atoms with van der Waals surface area (Å²) < 4.78 is 31.9. The Hall–Kier alpha value is -2.90. The van der Waals surface area contributed by atoms with E-state index in [-0.39, 0.29) is 21.4 Å². The lowest BCUT2D eigenvalue weighted by Gasteiger charge is -2.22. The lowest BCUT2D eigenvalue weighted by Crippen LogP contribution is -2.35. The highest BCUT2D eigenvalue weighted by Crippen LogP contribution is 2.33. The summed E-state index contributed by atoms with van der Waals surface area (Å²) in [5.74, 6) is -1.20. The van der Waals surface area contributed by atoms with Crippen molar-refractivity contribution < 1.29 is 22.7 Å². The molecule has 0 atom stereocenters. The zero-order valence-corrected chi connectivity index (χ0v) is 16.6. The summed E-state index contributed by atoms with van der Waals surface area (Å²) in [6.45, 7) is 2.36. The number of hydrogen-bond acceptors (Lipinski definition) is 5. The average Bonchev–Trinajstić information content (AvgIpc) is 2.63. The smallest absolute Gasteiger partial charge is 0.308 e. The van der Waals surface area contributed by atoms with Gasteiger partial charge >= 0.3 is 5.97 Å². The molecule has 0 aromatic heterocycles. The number of hydrogen-bond donors (Lipinski definition) is 0. The summed E-state index contributed by atoms with van der Waals surface area (Å²) >= 11 is 6.09. The Morgan fingerprint density at radius 3 is 2.21 bits per heavy atom. The van der Waals surface area contributed by atoms with Crippen LogP contribution in [0.2, 0.25) is 5.02 Å². The van der Waals surface area contributed by atoms with Crippen molar-refractivity contribution in [1.82, 2.24) is 0 Å². The molecule has 0 aliphatic carbocycles. The highest BCUT2D eigenvalue weighted by atomic mass is 35.5. The Morgan fingerprint density at radius 1 is 0.929 bits per heavy atom. The van der Waals surface area contributed by atoms with E-state index in [4.69, 9.17) is 16.3 Å². The number of fused-ring (bicyclic) bond motifs is 1. The molecule has 8 heteroatoms. The van der Waals surface area contributed by atoms with E-state index in [9.17, 15) is 18.0 Å². The van der Waals surface area contributed by atoms with E-state index < -0.39 is 21.9 Å². The van der Waals surface area contributed by atoms with Gasteiger partial charge in [-0.1, -0.05) is 41.9 Å². The number of rotatable bonds is 4. The van der Waals surface area contributed by atoms with Gasteiger partial charge in [0.25, 0.3) is 10.0 Å². The highest BCUT2D eigenvalue weighted by Gasteiger charge is 2.29. The van der Waals surface area contributed by atoms with E-state index >= 15 is 0 Å². The number of sulfonamides is 1. The van der Waals surface area contributed by atoms with Crippen molar-refractivity contribution in [2.75, 3.05) is 4.31 Å². The second-order valence-electron chi connectivity index (χ2n) is 6.01. The third-order valence-corrected chi connectivity index (χ3v) is 6.04. The molecule has 0 radical (unpaired) electrons. The number of benzene rings is 3. The first-order valence-electron chi connectivity index (χ1n) is 8.23. The molecule has 28 heavy (non-hydrogen) atoms. The fourth-order valence-corrected chi connectivity index (χ4v) is 4.45. The fourth-order valence-electron chi connectivity index (χ4n) is 2.78. The highest BCUT2D eigenvalue weighted by molar-refractivity contribution is 7.93. The fraction of sp³-hybridized carbons (Fsp3) is 0.100. The molecule has 0 unspecified atom stereocenters. The van der Waals surface area contributed by atoms with Gasteiger partial charge in [0.05, 0.1) is 15.6 Å². The predicted octanol–water partition coefficient (Wildman–Crippen LogP) is 4.16. The van der Waals surface area contributed by atoms with Crippen LogP contribution in [-0.4, -0.2) is 20.3 Å².